The number of benzene rings is 2. The summed E-state index contributed by atoms with van der Waals surface area (Å²) in [5.74, 6) is 0.186. The first-order valence-electron chi connectivity index (χ1n) is 10.9. The molecule has 2 unspecified atom stereocenters. The predicted octanol–water partition coefficient (Wildman–Crippen LogP) is 2.45. The third-order valence-electron chi connectivity index (χ3n) is 6.40. The summed E-state index contributed by atoms with van der Waals surface area (Å²) in [5.41, 5.74) is 7.98. The summed E-state index contributed by atoms with van der Waals surface area (Å²) in [4.78, 5) is 12.4. The molecule has 0 fully saturated rings. The maximum absolute atomic E-state index is 12.4. The van der Waals surface area contributed by atoms with Gasteiger partial charge in [0, 0.05) is 36.9 Å². The van der Waals surface area contributed by atoms with Crippen LogP contribution >= 0.6 is 0 Å². The topological polar surface area (TPSA) is 135 Å². The molecule has 0 saturated heterocycles. The van der Waals surface area contributed by atoms with Crippen LogP contribution in [0.5, 0.6) is 11.5 Å². The van der Waals surface area contributed by atoms with Crippen LogP contribution in [0.4, 0.5) is 5.69 Å². The highest BCUT2D eigenvalue weighted by Crippen LogP contribution is 2.43. The van der Waals surface area contributed by atoms with Crippen LogP contribution in [-0.2, 0) is 30.6 Å². The molecular weight excluding hydrogens is 426 g/mol. The van der Waals surface area contributed by atoms with Crippen molar-refractivity contribution in [3.05, 3.63) is 63.0 Å². The molecule has 8 heteroatoms. The van der Waals surface area contributed by atoms with Crippen LogP contribution in [0.15, 0.2) is 39.5 Å². The van der Waals surface area contributed by atoms with Gasteiger partial charge in [-0.3, -0.25) is 4.79 Å². The molecule has 0 bridgehead atoms. The molecule has 5 N–H and O–H groups in total. The average Bonchev–Trinajstić information content (AvgIpc) is 2.78. The van der Waals surface area contributed by atoms with E-state index in [1.54, 1.807) is 13.2 Å². The molecule has 0 saturated carbocycles. The number of nitrogen functional groups attached to an aromatic ring is 1. The van der Waals surface area contributed by atoms with E-state index < -0.39 is 23.7 Å². The Kier molecular flexibility index (Phi) is 6.34. The lowest BCUT2D eigenvalue weighted by Gasteiger charge is -2.40. The molecule has 4 rings (SSSR count). The predicted molar refractivity (Wildman–Crippen MR) is 124 cm³/mol. The lowest BCUT2D eigenvalue weighted by molar-refractivity contribution is -0.0595. The van der Waals surface area contributed by atoms with Crippen molar-refractivity contribution < 1.29 is 29.2 Å². The standard InChI is InChI=1S/C25H29NO7/c1-25(7-5-14-3-4-18(26)15(9-14)6-8-31-2)22(29)11-17-20(33-25)12-21-23(24(17)30)19(28)10-16(13-27)32-21/h3-4,9-10,12,22,27,29-30H,5-8,11,13,26H2,1-2H3. The zero-order valence-electron chi connectivity index (χ0n) is 18.8. The van der Waals surface area contributed by atoms with Crippen molar-refractivity contribution in [2.24, 2.45) is 0 Å². The van der Waals surface area contributed by atoms with Gasteiger partial charge in [-0.05, 0) is 43.4 Å². The molecule has 3 aromatic rings. The molecule has 8 nitrogen and oxygen atoms in total. The van der Waals surface area contributed by atoms with Crippen molar-refractivity contribution in [3.8, 4) is 11.5 Å². The molecule has 2 heterocycles. The van der Waals surface area contributed by atoms with E-state index in [-0.39, 0.29) is 28.9 Å². The number of rotatable bonds is 7. The van der Waals surface area contributed by atoms with E-state index in [2.05, 4.69) is 0 Å². The summed E-state index contributed by atoms with van der Waals surface area (Å²) >= 11 is 0. The van der Waals surface area contributed by atoms with Crippen LogP contribution in [0, 0.1) is 0 Å². The van der Waals surface area contributed by atoms with Crippen molar-refractivity contribution in [1.29, 1.82) is 0 Å². The van der Waals surface area contributed by atoms with Gasteiger partial charge in [0.25, 0.3) is 0 Å². The number of hydrogen-bond acceptors (Lipinski definition) is 8. The van der Waals surface area contributed by atoms with Crippen molar-refractivity contribution in [1.82, 2.24) is 0 Å². The minimum absolute atomic E-state index is 0.0100. The zero-order valence-corrected chi connectivity index (χ0v) is 18.8. The quantitative estimate of drug-likeness (QED) is 0.399. The Morgan fingerprint density at radius 1 is 1.24 bits per heavy atom. The van der Waals surface area contributed by atoms with Gasteiger partial charge in [0.15, 0.2) is 5.43 Å². The molecule has 1 aliphatic rings. The lowest BCUT2D eigenvalue weighted by Crippen LogP contribution is -2.49. The van der Waals surface area contributed by atoms with Crippen LogP contribution in [0.2, 0.25) is 0 Å². The minimum Gasteiger partial charge on any atom is -0.507 e. The summed E-state index contributed by atoms with van der Waals surface area (Å²) in [6, 6.07) is 8.57. The molecular formula is C25H29NO7. The highest BCUT2D eigenvalue weighted by atomic mass is 16.5. The fourth-order valence-corrected chi connectivity index (χ4v) is 4.32. The Morgan fingerprint density at radius 2 is 2.03 bits per heavy atom. The molecule has 1 aromatic heterocycles. The highest BCUT2D eigenvalue weighted by molar-refractivity contribution is 5.87. The molecule has 1 aliphatic heterocycles. The summed E-state index contributed by atoms with van der Waals surface area (Å²) in [5, 5.41) is 31.0. The molecule has 0 radical (unpaired) electrons. The molecule has 0 spiro atoms. The fraction of sp³-hybridized carbons (Fsp3) is 0.400. The maximum atomic E-state index is 12.4. The van der Waals surface area contributed by atoms with Gasteiger partial charge < -0.3 is 34.9 Å². The number of anilines is 1. The largest absolute Gasteiger partial charge is 0.507 e. The SMILES string of the molecule is COCCc1cc(CCC2(C)Oc3cc4oc(CO)cc(=O)c4c(O)c3CC2O)ccc1N. The van der Waals surface area contributed by atoms with Gasteiger partial charge >= 0.3 is 0 Å². The van der Waals surface area contributed by atoms with Gasteiger partial charge in [0.05, 0.1) is 12.7 Å². The molecule has 2 atom stereocenters. The maximum Gasteiger partial charge on any atom is 0.196 e. The summed E-state index contributed by atoms with van der Waals surface area (Å²) in [7, 11) is 1.65. The van der Waals surface area contributed by atoms with Gasteiger partial charge in [-0.1, -0.05) is 12.1 Å². The van der Waals surface area contributed by atoms with Crippen LogP contribution in [-0.4, -0.2) is 40.7 Å². The van der Waals surface area contributed by atoms with E-state index in [9.17, 15) is 20.1 Å². The normalized spacial score (nSPS) is 19.9. The van der Waals surface area contributed by atoms with Crippen molar-refractivity contribution in [2.45, 2.75) is 50.9 Å². The van der Waals surface area contributed by atoms with Crippen LogP contribution in [0.3, 0.4) is 0 Å². The number of fused-ring (bicyclic) bond motifs is 2. The van der Waals surface area contributed by atoms with E-state index in [0.29, 0.717) is 37.2 Å². The van der Waals surface area contributed by atoms with E-state index in [1.807, 2.05) is 25.1 Å². The van der Waals surface area contributed by atoms with Crippen LogP contribution in [0.1, 0.15) is 35.8 Å². The van der Waals surface area contributed by atoms with Crippen LogP contribution < -0.4 is 15.9 Å². The Bertz CT molecular complexity index is 1240. The van der Waals surface area contributed by atoms with Gasteiger partial charge in [-0.15, -0.1) is 0 Å². The van der Waals surface area contributed by atoms with E-state index in [1.165, 1.54) is 0 Å². The zero-order chi connectivity index (χ0) is 23.8. The van der Waals surface area contributed by atoms with Gasteiger partial charge in [0.1, 0.15) is 40.4 Å². The van der Waals surface area contributed by atoms with E-state index in [4.69, 9.17) is 19.6 Å². The number of aromatic hydroxyl groups is 1. The third kappa shape index (κ3) is 4.42. The summed E-state index contributed by atoms with van der Waals surface area (Å²) < 4.78 is 16.9. The Labute approximate surface area is 191 Å². The molecule has 0 aliphatic carbocycles. The number of aryl methyl sites for hydroxylation is 1. The second-order valence-electron chi connectivity index (χ2n) is 8.72. The smallest absolute Gasteiger partial charge is 0.196 e. The number of aliphatic hydroxyl groups excluding tert-OH is 2. The van der Waals surface area contributed by atoms with Crippen molar-refractivity contribution in [3.63, 3.8) is 0 Å². The second kappa shape index (κ2) is 9.05. The highest BCUT2D eigenvalue weighted by Gasteiger charge is 2.41. The monoisotopic (exact) mass is 455 g/mol. The third-order valence-corrected chi connectivity index (χ3v) is 6.40. The first-order valence-corrected chi connectivity index (χ1v) is 10.9. The number of hydrogen-bond donors (Lipinski definition) is 4. The number of methoxy groups -OCH3 is 1. The second-order valence-corrected chi connectivity index (χ2v) is 8.72. The number of nitrogens with two attached hydrogens (primary N) is 1. The Balaban J connectivity index is 1.61. The molecule has 33 heavy (non-hydrogen) atoms. The van der Waals surface area contributed by atoms with Crippen LogP contribution in [0.25, 0.3) is 11.0 Å². The van der Waals surface area contributed by atoms with Crippen molar-refractivity contribution in [2.75, 3.05) is 19.5 Å². The molecule has 0 amide bonds. The Morgan fingerprint density at radius 3 is 2.76 bits per heavy atom. The number of phenolic OH excluding ortho intramolecular Hbond substituents is 1. The fourth-order valence-electron chi connectivity index (χ4n) is 4.32. The Hall–Kier alpha value is -3.07. The van der Waals surface area contributed by atoms with Gasteiger partial charge in [-0.25, -0.2) is 0 Å². The van der Waals surface area contributed by atoms with Gasteiger partial charge in [0.2, 0.25) is 0 Å². The first kappa shape index (κ1) is 23.1. The molecule has 176 valence electrons. The van der Waals surface area contributed by atoms with E-state index in [0.717, 1.165) is 22.9 Å². The minimum atomic E-state index is -0.921. The summed E-state index contributed by atoms with van der Waals surface area (Å²) in [6.07, 6.45) is 1.12. The molecule has 2 aromatic carbocycles. The number of aliphatic hydroxyl groups is 2. The van der Waals surface area contributed by atoms with Gasteiger partial charge in [-0.2, -0.15) is 0 Å². The number of ether oxygens (including phenoxy) is 2. The lowest BCUT2D eigenvalue weighted by atomic mass is 9.84. The van der Waals surface area contributed by atoms with E-state index >= 15 is 0 Å². The first-order chi connectivity index (χ1) is 15.8. The number of phenols is 1. The average molecular weight is 456 g/mol. The van der Waals surface area contributed by atoms with Crippen molar-refractivity contribution >= 4 is 16.7 Å². The summed E-state index contributed by atoms with van der Waals surface area (Å²) in [6.45, 7) is 1.97.